The van der Waals surface area contributed by atoms with E-state index in [0.29, 0.717) is 12.2 Å². The number of nitrogens with zero attached hydrogens (tertiary/aromatic N) is 2. The minimum absolute atomic E-state index is 0. The molecule has 1 unspecified atom stereocenters. The third-order valence-corrected chi connectivity index (χ3v) is 6.32. The number of hydrogen-bond donors (Lipinski definition) is 1. The molecule has 2 saturated heterocycles. The van der Waals surface area contributed by atoms with Crippen molar-refractivity contribution in [2.45, 2.75) is 50.7 Å². The lowest BCUT2D eigenvalue weighted by atomic mass is 10.1. The summed E-state index contributed by atoms with van der Waals surface area (Å²) in [5.74, 6) is 0.988. The van der Waals surface area contributed by atoms with Gasteiger partial charge in [0.05, 0.1) is 23.2 Å². The van der Waals surface area contributed by atoms with Crippen LogP contribution in [-0.2, 0) is 15.9 Å². The number of guanidine groups is 1. The molecular weight excluding hydrogens is 497 g/mol. The largest absolute Gasteiger partial charge is 0.376 e. The Morgan fingerprint density at radius 2 is 2.15 bits per heavy atom. The van der Waals surface area contributed by atoms with Crippen molar-refractivity contribution in [3.05, 3.63) is 21.3 Å². The molecule has 3 heterocycles. The smallest absolute Gasteiger partial charge is 0.193 e. The van der Waals surface area contributed by atoms with E-state index in [9.17, 15) is 0 Å². The monoisotopic (exact) mass is 527 g/mol. The fraction of sp³-hybridized carbons (Fsp3) is 0.737. The van der Waals surface area contributed by atoms with E-state index in [0.717, 1.165) is 68.8 Å². The molecule has 2 aliphatic heterocycles. The molecule has 0 saturated carbocycles. The second-order valence-corrected chi connectivity index (χ2v) is 8.74. The maximum Gasteiger partial charge on any atom is 0.193 e. The second-order valence-electron chi connectivity index (χ2n) is 6.94. The molecule has 2 aliphatic rings. The fourth-order valence-corrected chi connectivity index (χ4v) is 4.62. The number of hydrogen-bond acceptors (Lipinski definition) is 4. The zero-order chi connectivity index (χ0) is 18.2. The molecule has 1 aromatic rings. The molecule has 0 aliphatic carbocycles. The van der Waals surface area contributed by atoms with Crippen LogP contribution in [0.3, 0.4) is 0 Å². The molecule has 1 N–H and O–H groups in total. The van der Waals surface area contributed by atoms with Crippen molar-refractivity contribution in [1.82, 2.24) is 10.2 Å². The van der Waals surface area contributed by atoms with Gasteiger partial charge in [0.1, 0.15) is 0 Å². The average molecular weight is 528 g/mol. The van der Waals surface area contributed by atoms with Crippen LogP contribution < -0.4 is 5.32 Å². The van der Waals surface area contributed by atoms with E-state index in [1.54, 1.807) is 11.3 Å². The van der Waals surface area contributed by atoms with E-state index in [-0.39, 0.29) is 24.0 Å². The van der Waals surface area contributed by atoms with Crippen LogP contribution in [-0.4, -0.2) is 63.0 Å². The number of halogens is 2. The van der Waals surface area contributed by atoms with Crippen LogP contribution >= 0.6 is 46.9 Å². The predicted molar refractivity (Wildman–Crippen MR) is 124 cm³/mol. The Morgan fingerprint density at radius 3 is 2.78 bits per heavy atom. The Bertz CT molecular complexity index is 573. The van der Waals surface area contributed by atoms with Crippen molar-refractivity contribution in [3.63, 3.8) is 0 Å². The highest BCUT2D eigenvalue weighted by molar-refractivity contribution is 14.0. The highest BCUT2D eigenvalue weighted by Crippen LogP contribution is 2.21. The number of aliphatic imine (C=N–C) groups is 1. The van der Waals surface area contributed by atoms with Gasteiger partial charge in [-0.05, 0) is 50.7 Å². The lowest BCUT2D eigenvalue weighted by Gasteiger charge is -2.35. The summed E-state index contributed by atoms with van der Waals surface area (Å²) < 4.78 is 12.7. The molecular formula is C19H31ClIN3O2S. The van der Waals surface area contributed by atoms with Gasteiger partial charge < -0.3 is 19.7 Å². The maximum atomic E-state index is 6.10. The van der Waals surface area contributed by atoms with E-state index < -0.39 is 0 Å². The van der Waals surface area contributed by atoms with Gasteiger partial charge in [0.25, 0.3) is 0 Å². The van der Waals surface area contributed by atoms with Crippen molar-refractivity contribution in [2.75, 3.05) is 39.9 Å². The summed E-state index contributed by atoms with van der Waals surface area (Å²) in [6.07, 6.45) is 7.33. The quantitative estimate of drug-likeness (QED) is 0.342. The molecule has 0 amide bonds. The average Bonchev–Trinajstić information content (AvgIpc) is 3.10. The van der Waals surface area contributed by atoms with Gasteiger partial charge in [-0.15, -0.1) is 35.3 Å². The van der Waals surface area contributed by atoms with Crippen molar-refractivity contribution >= 4 is 52.9 Å². The van der Waals surface area contributed by atoms with Gasteiger partial charge in [-0.3, -0.25) is 4.99 Å². The molecule has 0 aromatic carbocycles. The third-order valence-electron chi connectivity index (χ3n) is 5.03. The fourth-order valence-electron chi connectivity index (χ4n) is 3.53. The van der Waals surface area contributed by atoms with Crippen molar-refractivity contribution in [3.8, 4) is 0 Å². The van der Waals surface area contributed by atoms with Crippen LogP contribution in [0.5, 0.6) is 0 Å². The molecule has 5 nitrogen and oxygen atoms in total. The molecule has 8 heteroatoms. The highest BCUT2D eigenvalue weighted by atomic mass is 127. The Hall–Kier alpha value is -0.0900. The molecule has 1 aromatic heterocycles. The number of piperidine rings is 1. The summed E-state index contributed by atoms with van der Waals surface area (Å²) in [6.45, 7) is 4.49. The normalized spacial score (nSPS) is 21.8. The first-order chi connectivity index (χ1) is 12.7. The maximum absolute atomic E-state index is 6.10. The molecule has 0 bridgehead atoms. The van der Waals surface area contributed by atoms with Gasteiger partial charge in [0.2, 0.25) is 0 Å². The Labute approximate surface area is 188 Å². The van der Waals surface area contributed by atoms with E-state index in [4.69, 9.17) is 21.1 Å². The molecule has 0 spiro atoms. The lowest BCUT2D eigenvalue weighted by molar-refractivity contribution is -0.0721. The van der Waals surface area contributed by atoms with E-state index in [1.807, 2.05) is 13.1 Å². The van der Waals surface area contributed by atoms with E-state index >= 15 is 0 Å². The van der Waals surface area contributed by atoms with Gasteiger partial charge in [-0.2, -0.15) is 0 Å². The first-order valence-corrected chi connectivity index (χ1v) is 10.9. The molecule has 27 heavy (non-hydrogen) atoms. The lowest BCUT2D eigenvalue weighted by Crippen LogP contribution is -2.47. The van der Waals surface area contributed by atoms with Gasteiger partial charge in [-0.1, -0.05) is 11.6 Å². The highest BCUT2D eigenvalue weighted by Gasteiger charge is 2.23. The number of thiophene rings is 1. The summed E-state index contributed by atoms with van der Waals surface area (Å²) in [5.41, 5.74) is 0. The minimum Gasteiger partial charge on any atom is -0.376 e. The first-order valence-electron chi connectivity index (χ1n) is 9.67. The summed E-state index contributed by atoms with van der Waals surface area (Å²) in [7, 11) is 1.85. The predicted octanol–water partition coefficient (Wildman–Crippen LogP) is 4.19. The zero-order valence-corrected chi connectivity index (χ0v) is 19.9. The minimum atomic E-state index is 0. The topological polar surface area (TPSA) is 46.1 Å². The Balaban J connectivity index is 0.00000261. The molecule has 3 rings (SSSR count). The van der Waals surface area contributed by atoms with Gasteiger partial charge >= 0.3 is 0 Å². The number of likely N-dealkylation sites (tertiary alicyclic amines) is 1. The molecule has 0 radical (unpaired) electrons. The summed E-state index contributed by atoms with van der Waals surface area (Å²) >= 11 is 7.63. The van der Waals surface area contributed by atoms with Crippen LogP contribution in [0.4, 0.5) is 0 Å². The first kappa shape index (κ1) is 23.2. The van der Waals surface area contributed by atoms with Crippen molar-refractivity contribution < 1.29 is 9.47 Å². The Morgan fingerprint density at radius 1 is 1.33 bits per heavy atom. The SMILES string of the molecule is CN=C(NCCc1ccc(Cl)s1)N1CCC(OCC2CCCCO2)CC1.I. The number of rotatable bonds is 6. The van der Waals surface area contributed by atoms with Crippen molar-refractivity contribution in [2.24, 2.45) is 4.99 Å². The van der Waals surface area contributed by atoms with Crippen LogP contribution in [0.15, 0.2) is 17.1 Å². The summed E-state index contributed by atoms with van der Waals surface area (Å²) in [6, 6.07) is 4.05. The van der Waals surface area contributed by atoms with Crippen LogP contribution in [0.1, 0.15) is 37.0 Å². The summed E-state index contributed by atoms with van der Waals surface area (Å²) in [4.78, 5) is 8.07. The van der Waals surface area contributed by atoms with E-state index in [1.165, 1.54) is 17.7 Å². The Kier molecular flexibility index (Phi) is 10.7. The zero-order valence-electron chi connectivity index (χ0n) is 16.0. The summed E-state index contributed by atoms with van der Waals surface area (Å²) in [5, 5.41) is 3.47. The van der Waals surface area contributed by atoms with Crippen molar-refractivity contribution in [1.29, 1.82) is 0 Å². The standard InChI is InChI=1S/C19H30ClN3O2S.HI/c1-21-19(22-10-7-17-5-6-18(20)26-17)23-11-8-15(9-12-23)25-14-16-4-2-3-13-24-16;/h5-6,15-16H,2-4,7-14H2,1H3,(H,21,22);1H. The van der Waals surface area contributed by atoms with Gasteiger partial charge in [0, 0.05) is 38.2 Å². The van der Waals surface area contributed by atoms with Crippen LogP contribution in [0, 0.1) is 0 Å². The van der Waals surface area contributed by atoms with Crippen LogP contribution in [0.2, 0.25) is 4.34 Å². The van der Waals surface area contributed by atoms with E-state index in [2.05, 4.69) is 21.3 Å². The molecule has 154 valence electrons. The molecule has 1 atom stereocenters. The molecule has 2 fully saturated rings. The number of ether oxygens (including phenoxy) is 2. The number of nitrogens with one attached hydrogen (secondary N) is 1. The second kappa shape index (κ2) is 12.5. The third kappa shape index (κ3) is 7.68. The van der Waals surface area contributed by atoms with Crippen LogP contribution in [0.25, 0.3) is 0 Å². The van der Waals surface area contributed by atoms with Gasteiger partial charge in [0.15, 0.2) is 5.96 Å². The van der Waals surface area contributed by atoms with Gasteiger partial charge in [-0.25, -0.2) is 0 Å².